The van der Waals surface area contributed by atoms with Gasteiger partial charge >= 0.3 is 0 Å². The number of carbonyl (C=O) groups is 1. The van der Waals surface area contributed by atoms with Crippen LogP contribution in [0.3, 0.4) is 0 Å². The highest BCUT2D eigenvalue weighted by Crippen LogP contribution is 2.28. The van der Waals surface area contributed by atoms with Crippen molar-refractivity contribution >= 4 is 40.7 Å². The summed E-state index contributed by atoms with van der Waals surface area (Å²) in [5.74, 6) is -0.337. The molecule has 1 atom stereocenters. The highest BCUT2D eigenvalue weighted by molar-refractivity contribution is 6.68. The number of halogens is 3. The van der Waals surface area contributed by atoms with Gasteiger partial charge in [-0.2, -0.15) is 0 Å². The molecule has 12 heavy (non-hydrogen) atoms. The summed E-state index contributed by atoms with van der Waals surface area (Å²) < 4.78 is -1.87. The van der Waals surface area contributed by atoms with Crippen LogP contribution in [0.15, 0.2) is 0 Å². The molecule has 0 saturated heterocycles. The molecule has 72 valence electrons. The van der Waals surface area contributed by atoms with Crippen LogP contribution in [0.5, 0.6) is 0 Å². The van der Waals surface area contributed by atoms with E-state index >= 15 is 0 Å². The summed E-state index contributed by atoms with van der Waals surface area (Å²) >= 11 is 15.9. The number of aliphatic hydroxyl groups excluding tert-OH is 1. The lowest BCUT2D eigenvalue weighted by molar-refractivity contribution is -0.124. The molecule has 0 spiro atoms. The van der Waals surface area contributed by atoms with Crippen LogP contribution in [0, 0.1) is 0 Å². The quantitative estimate of drug-likeness (QED) is 0.575. The molecule has 0 aromatic heterocycles. The van der Waals surface area contributed by atoms with Gasteiger partial charge in [0, 0.05) is 6.42 Å². The van der Waals surface area contributed by atoms with Gasteiger partial charge in [0.2, 0.25) is 9.70 Å². The predicted molar refractivity (Wildman–Crippen MR) is 49.3 cm³/mol. The standard InChI is InChI=1S/C6H10Cl3NO2/c1-2-3-4(11)10-5(12)6(7,8)9/h5,12H,2-3H2,1H3,(H,10,11). The van der Waals surface area contributed by atoms with E-state index in [1.165, 1.54) is 0 Å². The molecule has 0 fully saturated rings. The molecule has 2 N–H and O–H groups in total. The number of amides is 1. The normalized spacial score (nSPS) is 14.1. The van der Waals surface area contributed by atoms with Crippen molar-refractivity contribution in [1.29, 1.82) is 0 Å². The van der Waals surface area contributed by atoms with Crippen LogP contribution in [0.1, 0.15) is 19.8 Å². The summed E-state index contributed by atoms with van der Waals surface area (Å²) in [7, 11) is 0. The van der Waals surface area contributed by atoms with Crippen LogP contribution in [0.4, 0.5) is 0 Å². The average Bonchev–Trinajstić information content (AvgIpc) is 1.85. The van der Waals surface area contributed by atoms with Crippen LogP contribution in [0.2, 0.25) is 0 Å². The van der Waals surface area contributed by atoms with Gasteiger partial charge in [0.25, 0.3) is 0 Å². The zero-order valence-electron chi connectivity index (χ0n) is 6.48. The third kappa shape index (κ3) is 5.04. The summed E-state index contributed by atoms with van der Waals surface area (Å²) in [6.07, 6.45) is -0.475. The smallest absolute Gasteiger partial charge is 0.234 e. The molecule has 6 heteroatoms. The van der Waals surface area contributed by atoms with E-state index in [1.54, 1.807) is 0 Å². The summed E-state index contributed by atoms with van der Waals surface area (Å²) in [6.45, 7) is 1.83. The van der Waals surface area contributed by atoms with Gasteiger partial charge < -0.3 is 10.4 Å². The molecule has 0 aromatic carbocycles. The highest BCUT2D eigenvalue weighted by atomic mass is 35.6. The molecule has 0 rings (SSSR count). The lowest BCUT2D eigenvalue weighted by Crippen LogP contribution is -2.43. The van der Waals surface area contributed by atoms with Gasteiger partial charge in [-0.15, -0.1) is 0 Å². The number of aliphatic hydroxyl groups is 1. The first-order valence-corrected chi connectivity index (χ1v) is 4.55. The number of alkyl halides is 3. The Morgan fingerprint density at radius 3 is 2.42 bits per heavy atom. The summed E-state index contributed by atoms with van der Waals surface area (Å²) in [5, 5.41) is 11.2. The van der Waals surface area contributed by atoms with E-state index in [9.17, 15) is 4.79 Å². The number of carbonyl (C=O) groups excluding carboxylic acids is 1. The van der Waals surface area contributed by atoms with Gasteiger partial charge in [-0.25, -0.2) is 0 Å². The monoisotopic (exact) mass is 233 g/mol. The lowest BCUT2D eigenvalue weighted by Gasteiger charge is -2.19. The van der Waals surface area contributed by atoms with E-state index in [-0.39, 0.29) is 5.91 Å². The summed E-state index contributed by atoms with van der Waals surface area (Å²) in [5.41, 5.74) is 0. The van der Waals surface area contributed by atoms with Crippen molar-refractivity contribution in [2.45, 2.75) is 29.8 Å². The number of rotatable bonds is 3. The Labute approximate surface area is 86.0 Å². The van der Waals surface area contributed by atoms with E-state index in [0.717, 1.165) is 0 Å². The second kappa shape index (κ2) is 5.12. The maximum atomic E-state index is 10.9. The highest BCUT2D eigenvalue weighted by Gasteiger charge is 2.31. The molecule has 1 amide bonds. The molecule has 0 heterocycles. The van der Waals surface area contributed by atoms with Gasteiger partial charge in [-0.1, -0.05) is 41.7 Å². The Hall–Kier alpha value is 0.300. The predicted octanol–water partition coefficient (Wildman–Crippen LogP) is 1.59. The van der Waals surface area contributed by atoms with Crippen LogP contribution in [-0.4, -0.2) is 21.0 Å². The zero-order valence-corrected chi connectivity index (χ0v) is 8.75. The second-order valence-corrected chi connectivity index (χ2v) is 4.63. The average molecular weight is 235 g/mol. The molecule has 0 aliphatic rings. The number of hydrogen-bond donors (Lipinski definition) is 2. The van der Waals surface area contributed by atoms with Crippen molar-refractivity contribution in [3.8, 4) is 0 Å². The largest absolute Gasteiger partial charge is 0.369 e. The Bertz CT molecular complexity index is 157. The van der Waals surface area contributed by atoms with Crippen molar-refractivity contribution in [3.05, 3.63) is 0 Å². The van der Waals surface area contributed by atoms with E-state index in [2.05, 4.69) is 5.32 Å². The Kier molecular flexibility index (Phi) is 5.25. The van der Waals surface area contributed by atoms with Gasteiger partial charge in [0.05, 0.1) is 0 Å². The second-order valence-electron chi connectivity index (χ2n) is 2.26. The van der Waals surface area contributed by atoms with Crippen molar-refractivity contribution in [2.24, 2.45) is 0 Å². The van der Waals surface area contributed by atoms with E-state index < -0.39 is 10.0 Å². The van der Waals surface area contributed by atoms with Crippen LogP contribution >= 0.6 is 34.8 Å². The van der Waals surface area contributed by atoms with Gasteiger partial charge in [-0.3, -0.25) is 4.79 Å². The molecule has 0 bridgehead atoms. The Morgan fingerprint density at radius 1 is 1.58 bits per heavy atom. The molecule has 0 aliphatic carbocycles. The lowest BCUT2D eigenvalue weighted by atomic mass is 10.3. The van der Waals surface area contributed by atoms with E-state index in [4.69, 9.17) is 39.9 Å². The van der Waals surface area contributed by atoms with Crippen LogP contribution in [-0.2, 0) is 4.79 Å². The van der Waals surface area contributed by atoms with Crippen LogP contribution < -0.4 is 5.32 Å². The van der Waals surface area contributed by atoms with E-state index in [1.807, 2.05) is 6.92 Å². The van der Waals surface area contributed by atoms with Crippen molar-refractivity contribution in [3.63, 3.8) is 0 Å². The third-order valence-corrected chi connectivity index (χ3v) is 1.70. The fourth-order valence-corrected chi connectivity index (χ4v) is 0.697. The summed E-state index contributed by atoms with van der Waals surface area (Å²) in [6, 6.07) is 0. The van der Waals surface area contributed by atoms with Gasteiger partial charge in [0.15, 0.2) is 6.23 Å². The van der Waals surface area contributed by atoms with E-state index in [0.29, 0.717) is 12.8 Å². The third-order valence-electron chi connectivity index (χ3n) is 1.08. The topological polar surface area (TPSA) is 49.3 Å². The zero-order chi connectivity index (χ0) is 9.78. The number of nitrogens with one attached hydrogen (secondary N) is 1. The maximum Gasteiger partial charge on any atom is 0.234 e. The van der Waals surface area contributed by atoms with Crippen molar-refractivity contribution in [2.75, 3.05) is 0 Å². The summed E-state index contributed by atoms with van der Waals surface area (Å²) in [4.78, 5) is 10.9. The molecular weight excluding hydrogens is 224 g/mol. The minimum absolute atomic E-state index is 0.303. The Balaban J connectivity index is 3.84. The molecule has 0 radical (unpaired) electrons. The molecule has 0 aliphatic heterocycles. The molecular formula is C6H10Cl3NO2. The fourth-order valence-electron chi connectivity index (χ4n) is 0.534. The number of hydrogen-bond acceptors (Lipinski definition) is 2. The minimum atomic E-state index is -1.87. The maximum absolute atomic E-state index is 10.9. The molecule has 3 nitrogen and oxygen atoms in total. The first-order chi connectivity index (χ1) is 5.38. The van der Waals surface area contributed by atoms with Crippen molar-refractivity contribution < 1.29 is 9.90 Å². The minimum Gasteiger partial charge on any atom is -0.369 e. The van der Waals surface area contributed by atoms with Gasteiger partial charge in [-0.05, 0) is 6.42 Å². The SMILES string of the molecule is CCCC(=O)NC(O)C(Cl)(Cl)Cl. The Morgan fingerprint density at radius 2 is 2.08 bits per heavy atom. The molecule has 1 unspecified atom stereocenters. The first-order valence-electron chi connectivity index (χ1n) is 3.42. The van der Waals surface area contributed by atoms with Crippen molar-refractivity contribution in [1.82, 2.24) is 5.32 Å². The first kappa shape index (κ1) is 12.3. The van der Waals surface area contributed by atoms with Crippen LogP contribution in [0.25, 0.3) is 0 Å². The molecule has 0 aromatic rings. The molecule has 0 saturated carbocycles. The fraction of sp³-hybridized carbons (Fsp3) is 0.833. The van der Waals surface area contributed by atoms with Gasteiger partial charge in [0.1, 0.15) is 0 Å².